The molecule has 360 valence electrons. The fourth-order valence-corrected chi connectivity index (χ4v) is 11.5. The fourth-order valence-electron chi connectivity index (χ4n) is 11.5. The molecule has 0 saturated carbocycles. The summed E-state index contributed by atoms with van der Waals surface area (Å²) in [6.45, 7) is 0. The molecule has 0 bridgehead atoms. The van der Waals surface area contributed by atoms with Crippen LogP contribution in [0.4, 0.5) is 34.1 Å². The third-order valence-electron chi connectivity index (χ3n) is 15.2. The van der Waals surface area contributed by atoms with Crippen LogP contribution in [-0.2, 0) is 0 Å². The van der Waals surface area contributed by atoms with Crippen LogP contribution in [-0.4, -0.2) is 9.13 Å². The Morgan fingerprint density at radius 3 is 1.07 bits per heavy atom. The van der Waals surface area contributed by atoms with Crippen molar-refractivity contribution < 1.29 is 0 Å². The summed E-state index contributed by atoms with van der Waals surface area (Å²) in [4.78, 5) is 4.78. The fraction of sp³-hybridized carbons (Fsp3) is 0.0278. The van der Waals surface area contributed by atoms with E-state index in [0.717, 1.165) is 63.0 Å². The van der Waals surface area contributed by atoms with Crippen molar-refractivity contribution in [2.24, 2.45) is 0 Å². The molecule has 11 aromatic carbocycles. The van der Waals surface area contributed by atoms with Gasteiger partial charge in [-0.1, -0.05) is 176 Å². The molecule has 1 aliphatic carbocycles. The zero-order valence-corrected chi connectivity index (χ0v) is 41.9. The minimum atomic E-state index is 0.377. The summed E-state index contributed by atoms with van der Waals surface area (Å²) < 4.78 is 4.76. The van der Waals surface area contributed by atoms with Crippen molar-refractivity contribution in [1.82, 2.24) is 9.13 Å². The van der Waals surface area contributed by atoms with Gasteiger partial charge in [0, 0.05) is 73.0 Å². The molecule has 0 saturated heterocycles. The van der Waals surface area contributed by atoms with Crippen LogP contribution in [0, 0.1) is 0 Å². The molecule has 0 spiro atoms. The van der Waals surface area contributed by atoms with Crippen LogP contribution in [0.1, 0.15) is 17.9 Å². The lowest BCUT2D eigenvalue weighted by molar-refractivity contribution is 0.854. The van der Waals surface area contributed by atoms with Crippen molar-refractivity contribution in [3.8, 4) is 33.6 Å². The summed E-state index contributed by atoms with van der Waals surface area (Å²) in [5.41, 5.74) is 19.6. The minimum Gasteiger partial charge on any atom is -0.310 e. The third kappa shape index (κ3) is 8.05. The Morgan fingerprint density at radius 1 is 0.289 bits per heavy atom. The van der Waals surface area contributed by atoms with E-state index in [-0.39, 0.29) is 0 Å². The van der Waals surface area contributed by atoms with E-state index in [4.69, 9.17) is 0 Å². The summed E-state index contributed by atoms with van der Waals surface area (Å²) >= 11 is 0. The van der Waals surface area contributed by atoms with E-state index in [1.807, 2.05) is 0 Å². The molecule has 1 aliphatic rings. The Morgan fingerprint density at radius 2 is 0.645 bits per heavy atom. The number of fused-ring (bicyclic) bond motifs is 6. The maximum atomic E-state index is 2.40. The molecule has 0 fully saturated rings. The molecule has 1 unspecified atom stereocenters. The monoisotopic (exact) mass is 972 g/mol. The third-order valence-corrected chi connectivity index (χ3v) is 15.2. The number of anilines is 6. The van der Waals surface area contributed by atoms with Gasteiger partial charge in [-0.05, 0) is 156 Å². The summed E-state index contributed by atoms with van der Waals surface area (Å²) in [6, 6.07) is 99.5. The second-order valence-electron chi connectivity index (χ2n) is 19.7. The number of rotatable bonds is 11. The second kappa shape index (κ2) is 19.2. The molecule has 1 atom stereocenters. The molecule has 4 heteroatoms. The quantitative estimate of drug-likeness (QED) is 0.128. The molecular weight excluding hydrogens is 921 g/mol. The van der Waals surface area contributed by atoms with Crippen molar-refractivity contribution in [3.63, 3.8) is 0 Å². The lowest BCUT2D eigenvalue weighted by Gasteiger charge is -2.27. The van der Waals surface area contributed by atoms with Crippen LogP contribution in [0.2, 0.25) is 0 Å². The van der Waals surface area contributed by atoms with Crippen molar-refractivity contribution in [1.29, 1.82) is 0 Å². The Hall–Kier alpha value is -9.90. The summed E-state index contributed by atoms with van der Waals surface area (Å²) in [7, 11) is 0. The summed E-state index contributed by atoms with van der Waals surface area (Å²) in [5, 5.41) is 4.88. The van der Waals surface area contributed by atoms with E-state index < -0.39 is 0 Å². The standard InChI is InChI=1S/C72H52N4/c1-5-17-51(18-6-1)53-29-37-59(38-30-53)73(63-45-47-71-67(49-63)65-25-13-15-27-69(65)75(71)57-21-9-3-10-22-57)61-41-33-55(34-42-61)56-35-43-62(44-36-56)74(60-39-31-54(32-40-60)52-19-7-2-8-20-52)64-46-48-72-68(50-64)66-26-14-16-28-70(66)76(72)58-23-11-4-12-24-58/h1-19,21-50,52H,20H2. The van der Waals surface area contributed by atoms with Gasteiger partial charge in [-0.15, -0.1) is 0 Å². The number of benzene rings is 11. The molecule has 14 rings (SSSR count). The Kier molecular flexibility index (Phi) is 11.3. The number of para-hydroxylation sites is 4. The zero-order valence-electron chi connectivity index (χ0n) is 41.9. The number of hydrogen-bond acceptors (Lipinski definition) is 2. The highest BCUT2D eigenvalue weighted by atomic mass is 15.1. The van der Waals surface area contributed by atoms with Gasteiger partial charge < -0.3 is 18.9 Å². The number of hydrogen-bond donors (Lipinski definition) is 0. The van der Waals surface area contributed by atoms with Crippen LogP contribution in [0.5, 0.6) is 0 Å². The van der Waals surface area contributed by atoms with Gasteiger partial charge >= 0.3 is 0 Å². The van der Waals surface area contributed by atoms with Gasteiger partial charge in [0.25, 0.3) is 0 Å². The van der Waals surface area contributed by atoms with Crippen LogP contribution in [0.15, 0.2) is 297 Å². The molecule has 2 heterocycles. The van der Waals surface area contributed by atoms with Gasteiger partial charge in [-0.25, -0.2) is 0 Å². The predicted octanol–water partition coefficient (Wildman–Crippen LogP) is 19.8. The topological polar surface area (TPSA) is 16.3 Å². The Bertz CT molecular complexity index is 4270. The van der Waals surface area contributed by atoms with Crippen molar-refractivity contribution in [2.45, 2.75) is 12.3 Å². The molecule has 0 amide bonds. The van der Waals surface area contributed by atoms with E-state index in [1.54, 1.807) is 0 Å². The first-order valence-corrected chi connectivity index (χ1v) is 26.3. The first-order valence-electron chi connectivity index (χ1n) is 26.3. The maximum absolute atomic E-state index is 2.40. The molecule has 4 nitrogen and oxygen atoms in total. The van der Waals surface area contributed by atoms with Gasteiger partial charge in [0.15, 0.2) is 0 Å². The Labute approximate surface area is 443 Å². The summed E-state index contributed by atoms with van der Waals surface area (Å²) in [6.07, 6.45) is 9.89. The minimum absolute atomic E-state index is 0.377. The average molecular weight is 973 g/mol. The maximum Gasteiger partial charge on any atom is 0.0542 e. The molecule has 76 heavy (non-hydrogen) atoms. The van der Waals surface area contributed by atoms with E-state index in [9.17, 15) is 0 Å². The smallest absolute Gasteiger partial charge is 0.0542 e. The highest BCUT2D eigenvalue weighted by Crippen LogP contribution is 2.43. The van der Waals surface area contributed by atoms with E-state index in [1.165, 1.54) is 60.3 Å². The van der Waals surface area contributed by atoms with Gasteiger partial charge in [-0.3, -0.25) is 0 Å². The van der Waals surface area contributed by atoms with Gasteiger partial charge in [-0.2, -0.15) is 0 Å². The van der Waals surface area contributed by atoms with Gasteiger partial charge in [0.05, 0.1) is 22.1 Å². The van der Waals surface area contributed by atoms with Crippen LogP contribution >= 0.6 is 0 Å². The van der Waals surface area contributed by atoms with Crippen molar-refractivity contribution >= 4 is 77.7 Å². The second-order valence-corrected chi connectivity index (χ2v) is 19.7. The predicted molar refractivity (Wildman–Crippen MR) is 321 cm³/mol. The van der Waals surface area contributed by atoms with Gasteiger partial charge in [0.2, 0.25) is 0 Å². The first kappa shape index (κ1) is 44.8. The highest BCUT2D eigenvalue weighted by molar-refractivity contribution is 6.12. The molecule has 0 aliphatic heterocycles. The summed E-state index contributed by atoms with van der Waals surface area (Å²) in [5.74, 6) is 0.377. The van der Waals surface area contributed by atoms with Gasteiger partial charge in [0.1, 0.15) is 0 Å². The highest BCUT2D eigenvalue weighted by Gasteiger charge is 2.21. The molecule has 2 aromatic heterocycles. The van der Waals surface area contributed by atoms with E-state index in [2.05, 4.69) is 316 Å². The first-order chi connectivity index (χ1) is 37.7. The zero-order chi connectivity index (χ0) is 50.4. The van der Waals surface area contributed by atoms with Crippen LogP contribution in [0.25, 0.3) is 77.2 Å². The number of aromatic nitrogens is 2. The van der Waals surface area contributed by atoms with E-state index >= 15 is 0 Å². The largest absolute Gasteiger partial charge is 0.310 e. The van der Waals surface area contributed by atoms with Crippen LogP contribution < -0.4 is 9.80 Å². The van der Waals surface area contributed by atoms with Crippen molar-refractivity contribution in [3.05, 3.63) is 303 Å². The average Bonchev–Trinajstić information content (AvgIpc) is 4.08. The lowest BCUT2D eigenvalue weighted by Crippen LogP contribution is -2.10. The number of allylic oxidation sites excluding steroid dienone is 4. The van der Waals surface area contributed by atoms with Crippen LogP contribution in [0.3, 0.4) is 0 Å². The SMILES string of the molecule is C1=CCC(c2ccc(N(c3ccc(-c4ccc(N(c5ccc(-c6ccccc6)cc5)c5ccc6c(c5)c5ccccc5n6-c5ccccc5)cc4)cc3)c3ccc4c(c3)c3ccccc3n4-c3ccccc3)cc2)C=C1. The molecular formula is C72H52N4. The molecule has 13 aromatic rings. The van der Waals surface area contributed by atoms with E-state index in [0.29, 0.717) is 5.92 Å². The Balaban J connectivity index is 0.838. The molecule has 0 N–H and O–H groups in total. The molecule has 0 radical (unpaired) electrons. The number of nitrogens with zero attached hydrogens (tertiary/aromatic N) is 4. The normalized spacial score (nSPS) is 13.2. The van der Waals surface area contributed by atoms with Crippen molar-refractivity contribution in [2.75, 3.05) is 9.80 Å². The lowest BCUT2D eigenvalue weighted by atomic mass is 9.92.